The van der Waals surface area contributed by atoms with Crippen LogP contribution in [0.5, 0.6) is 0 Å². The number of hydrogen-bond donors (Lipinski definition) is 1. The summed E-state index contributed by atoms with van der Waals surface area (Å²) in [5, 5.41) is 7.89. The lowest BCUT2D eigenvalue weighted by Gasteiger charge is -2.22. The fourth-order valence-corrected chi connectivity index (χ4v) is 3.90. The van der Waals surface area contributed by atoms with Crippen LogP contribution in [0.25, 0.3) is 0 Å². The summed E-state index contributed by atoms with van der Waals surface area (Å²) in [4.78, 5) is 8.98. The molecule has 3 nitrogen and oxygen atoms in total. The first kappa shape index (κ1) is 14.1. The van der Waals surface area contributed by atoms with E-state index >= 15 is 0 Å². The summed E-state index contributed by atoms with van der Waals surface area (Å²) in [5.41, 5.74) is 2.19. The van der Waals surface area contributed by atoms with E-state index in [0.29, 0.717) is 0 Å². The van der Waals surface area contributed by atoms with Gasteiger partial charge >= 0.3 is 0 Å². The van der Waals surface area contributed by atoms with Crippen LogP contribution in [0.4, 0.5) is 11.4 Å². The molecule has 0 spiro atoms. The van der Waals surface area contributed by atoms with E-state index < -0.39 is 0 Å². The van der Waals surface area contributed by atoms with Gasteiger partial charge in [-0.2, -0.15) is 0 Å². The molecule has 21 heavy (non-hydrogen) atoms. The molecule has 0 fully saturated rings. The lowest BCUT2D eigenvalue weighted by Crippen LogP contribution is -2.15. The molecule has 0 aliphatic rings. The zero-order chi connectivity index (χ0) is 14.7. The lowest BCUT2D eigenvalue weighted by atomic mass is 10.2. The van der Waals surface area contributed by atoms with Crippen molar-refractivity contribution in [1.29, 1.82) is 0 Å². The summed E-state index contributed by atoms with van der Waals surface area (Å²) in [7, 11) is 4.09. The van der Waals surface area contributed by atoms with Gasteiger partial charge in [0.05, 0.1) is 23.6 Å². The molecule has 0 unspecified atom stereocenters. The monoisotopic (exact) mass is 315 g/mol. The molecule has 0 saturated carbocycles. The van der Waals surface area contributed by atoms with Crippen molar-refractivity contribution in [2.24, 2.45) is 0 Å². The largest absolute Gasteiger partial charge is 0.376 e. The third kappa shape index (κ3) is 3.09. The number of hydrogen-bond acceptors (Lipinski definition) is 5. The Morgan fingerprint density at radius 3 is 2.24 bits per heavy atom. The van der Waals surface area contributed by atoms with Crippen molar-refractivity contribution in [3.05, 3.63) is 63.2 Å². The SMILES string of the molecule is CN(C)c1ccncc1NC(c1cccs1)c1cccs1. The Kier molecular flexibility index (Phi) is 4.22. The van der Waals surface area contributed by atoms with E-state index in [1.807, 2.05) is 32.6 Å². The van der Waals surface area contributed by atoms with Crippen LogP contribution in [-0.2, 0) is 0 Å². The zero-order valence-corrected chi connectivity index (χ0v) is 13.6. The molecule has 3 aromatic heterocycles. The molecular weight excluding hydrogens is 298 g/mol. The van der Waals surface area contributed by atoms with Crippen LogP contribution >= 0.6 is 22.7 Å². The number of thiophene rings is 2. The van der Waals surface area contributed by atoms with E-state index in [9.17, 15) is 0 Å². The Morgan fingerprint density at radius 2 is 1.71 bits per heavy atom. The Bertz CT molecular complexity index is 641. The Hall–Kier alpha value is -1.85. The van der Waals surface area contributed by atoms with Crippen LogP contribution in [-0.4, -0.2) is 19.1 Å². The molecular formula is C16H17N3S2. The molecule has 3 aromatic rings. The second-order valence-electron chi connectivity index (χ2n) is 4.90. The number of anilines is 2. The molecule has 1 N–H and O–H groups in total. The highest BCUT2D eigenvalue weighted by molar-refractivity contribution is 7.11. The third-order valence-electron chi connectivity index (χ3n) is 3.24. The lowest BCUT2D eigenvalue weighted by molar-refractivity contribution is 0.981. The van der Waals surface area contributed by atoms with Gasteiger partial charge in [0.25, 0.3) is 0 Å². The Labute approximate surface area is 132 Å². The predicted molar refractivity (Wildman–Crippen MR) is 92.7 cm³/mol. The number of nitrogens with zero attached hydrogens (tertiary/aromatic N) is 2. The molecule has 0 aliphatic carbocycles. The van der Waals surface area contributed by atoms with Gasteiger partial charge in [0.1, 0.15) is 0 Å². The summed E-state index contributed by atoms with van der Waals surface area (Å²) in [6.45, 7) is 0. The van der Waals surface area contributed by atoms with Crippen molar-refractivity contribution in [3.63, 3.8) is 0 Å². The first-order valence-electron chi connectivity index (χ1n) is 6.70. The summed E-state index contributed by atoms with van der Waals surface area (Å²) >= 11 is 3.55. The maximum Gasteiger partial charge on any atom is 0.0954 e. The highest BCUT2D eigenvalue weighted by atomic mass is 32.1. The molecule has 108 valence electrons. The summed E-state index contributed by atoms with van der Waals surface area (Å²) < 4.78 is 0. The molecule has 0 aromatic carbocycles. The van der Waals surface area contributed by atoms with Crippen LogP contribution < -0.4 is 10.2 Å². The van der Waals surface area contributed by atoms with Crippen LogP contribution in [0, 0.1) is 0 Å². The van der Waals surface area contributed by atoms with Gasteiger partial charge in [-0.25, -0.2) is 0 Å². The highest BCUT2D eigenvalue weighted by Crippen LogP contribution is 2.34. The second kappa shape index (κ2) is 6.28. The van der Waals surface area contributed by atoms with E-state index in [1.165, 1.54) is 9.75 Å². The molecule has 0 atom stereocenters. The summed E-state index contributed by atoms with van der Waals surface area (Å²) in [6.07, 6.45) is 3.72. The molecule has 0 radical (unpaired) electrons. The van der Waals surface area contributed by atoms with E-state index in [2.05, 4.69) is 50.2 Å². The zero-order valence-electron chi connectivity index (χ0n) is 12.0. The minimum atomic E-state index is 0.174. The van der Waals surface area contributed by atoms with E-state index in [4.69, 9.17) is 0 Å². The van der Waals surface area contributed by atoms with Crippen LogP contribution in [0.1, 0.15) is 15.8 Å². The van der Waals surface area contributed by atoms with Crippen molar-refractivity contribution < 1.29 is 0 Å². The second-order valence-corrected chi connectivity index (χ2v) is 6.85. The molecule has 0 amide bonds. The van der Waals surface area contributed by atoms with Gasteiger partial charge in [0.2, 0.25) is 0 Å². The van der Waals surface area contributed by atoms with Gasteiger partial charge in [-0.05, 0) is 29.0 Å². The summed E-state index contributed by atoms with van der Waals surface area (Å²) in [5.74, 6) is 0. The molecule has 5 heteroatoms. The number of aromatic nitrogens is 1. The van der Waals surface area contributed by atoms with Crippen LogP contribution in [0.2, 0.25) is 0 Å². The fraction of sp³-hybridized carbons (Fsp3) is 0.188. The normalized spacial score (nSPS) is 10.8. The van der Waals surface area contributed by atoms with Crippen LogP contribution in [0.15, 0.2) is 53.5 Å². The van der Waals surface area contributed by atoms with Gasteiger partial charge in [0, 0.05) is 30.0 Å². The maximum atomic E-state index is 4.26. The molecule has 0 saturated heterocycles. The van der Waals surface area contributed by atoms with Crippen molar-refractivity contribution in [2.75, 3.05) is 24.3 Å². The average Bonchev–Trinajstić information content (AvgIpc) is 3.18. The first-order chi connectivity index (χ1) is 10.3. The van der Waals surface area contributed by atoms with Crippen molar-refractivity contribution in [3.8, 4) is 0 Å². The quantitative estimate of drug-likeness (QED) is 0.753. The average molecular weight is 315 g/mol. The first-order valence-corrected chi connectivity index (χ1v) is 8.46. The maximum absolute atomic E-state index is 4.26. The Balaban J connectivity index is 1.96. The van der Waals surface area contributed by atoms with Gasteiger partial charge in [0.15, 0.2) is 0 Å². The highest BCUT2D eigenvalue weighted by Gasteiger charge is 2.18. The third-order valence-corrected chi connectivity index (χ3v) is 5.11. The van der Waals surface area contributed by atoms with Gasteiger partial charge in [-0.15, -0.1) is 22.7 Å². The van der Waals surface area contributed by atoms with Crippen molar-refractivity contribution in [1.82, 2.24) is 4.98 Å². The predicted octanol–water partition coefficient (Wildman–Crippen LogP) is 4.47. The smallest absolute Gasteiger partial charge is 0.0954 e. The minimum absolute atomic E-state index is 0.174. The fourth-order valence-electron chi connectivity index (χ4n) is 2.24. The van der Waals surface area contributed by atoms with Crippen molar-refractivity contribution in [2.45, 2.75) is 6.04 Å². The molecule has 3 heterocycles. The van der Waals surface area contributed by atoms with Crippen LogP contribution in [0.3, 0.4) is 0 Å². The minimum Gasteiger partial charge on any atom is -0.376 e. The molecule has 3 rings (SSSR count). The standard InChI is InChI=1S/C16H17N3S2/c1-19(2)13-7-8-17-11-12(13)18-16(14-5-3-9-20-14)15-6-4-10-21-15/h3-11,16,18H,1-2H3. The number of rotatable bonds is 5. The topological polar surface area (TPSA) is 28.2 Å². The van der Waals surface area contributed by atoms with E-state index in [1.54, 1.807) is 22.7 Å². The van der Waals surface area contributed by atoms with E-state index in [-0.39, 0.29) is 6.04 Å². The molecule has 0 bridgehead atoms. The van der Waals surface area contributed by atoms with Gasteiger partial charge in [-0.1, -0.05) is 12.1 Å². The van der Waals surface area contributed by atoms with Gasteiger partial charge < -0.3 is 10.2 Å². The summed E-state index contributed by atoms with van der Waals surface area (Å²) in [6, 6.07) is 10.7. The molecule has 0 aliphatic heterocycles. The number of nitrogens with one attached hydrogen (secondary N) is 1. The van der Waals surface area contributed by atoms with E-state index in [0.717, 1.165) is 11.4 Å². The van der Waals surface area contributed by atoms with Crippen molar-refractivity contribution >= 4 is 34.0 Å². The van der Waals surface area contributed by atoms with Gasteiger partial charge in [-0.3, -0.25) is 4.98 Å². The Morgan fingerprint density at radius 1 is 1.05 bits per heavy atom. The number of pyridine rings is 1.